The maximum absolute atomic E-state index is 6.16. The summed E-state index contributed by atoms with van der Waals surface area (Å²) >= 11 is 0. The molecule has 0 saturated heterocycles. The molecular formula is C15H21N3O. The van der Waals surface area contributed by atoms with Crippen molar-refractivity contribution < 1.29 is 4.52 Å². The molecule has 2 rings (SSSR count). The Morgan fingerprint density at radius 2 is 2.00 bits per heavy atom. The fourth-order valence-corrected chi connectivity index (χ4v) is 2.14. The molecule has 2 aromatic rings. The average Bonchev–Trinajstić information content (AvgIpc) is 2.89. The van der Waals surface area contributed by atoms with Gasteiger partial charge in [-0.25, -0.2) is 0 Å². The smallest absolute Gasteiger partial charge is 0.226 e. The standard InChI is InChI=1S/C15H21N3O/c1-3-7-14-17-15(18-19-14)13(16)10-11(2)12-8-5-4-6-9-12/h4-6,8-9,11,13H,3,7,10,16H2,1-2H3. The van der Waals surface area contributed by atoms with Crippen molar-refractivity contribution in [2.24, 2.45) is 5.73 Å². The third kappa shape index (κ3) is 3.64. The molecular weight excluding hydrogens is 238 g/mol. The molecule has 4 nitrogen and oxygen atoms in total. The topological polar surface area (TPSA) is 64.9 Å². The minimum Gasteiger partial charge on any atom is -0.339 e. The Morgan fingerprint density at radius 1 is 1.26 bits per heavy atom. The number of hydrogen-bond acceptors (Lipinski definition) is 4. The number of aromatic nitrogens is 2. The summed E-state index contributed by atoms with van der Waals surface area (Å²) in [5, 5.41) is 3.97. The van der Waals surface area contributed by atoms with Crippen LogP contribution in [-0.4, -0.2) is 10.1 Å². The fourth-order valence-electron chi connectivity index (χ4n) is 2.14. The van der Waals surface area contributed by atoms with E-state index in [1.165, 1.54) is 5.56 Å². The minimum absolute atomic E-state index is 0.176. The van der Waals surface area contributed by atoms with Crippen LogP contribution >= 0.6 is 0 Å². The van der Waals surface area contributed by atoms with Crippen LogP contribution in [0.1, 0.15) is 55.9 Å². The SMILES string of the molecule is CCCc1nc(C(N)CC(C)c2ccccc2)no1. The van der Waals surface area contributed by atoms with Crippen molar-refractivity contribution in [1.82, 2.24) is 10.1 Å². The first-order valence-corrected chi connectivity index (χ1v) is 6.83. The second-order valence-corrected chi connectivity index (χ2v) is 4.95. The van der Waals surface area contributed by atoms with Gasteiger partial charge in [-0.3, -0.25) is 0 Å². The van der Waals surface area contributed by atoms with E-state index in [9.17, 15) is 0 Å². The zero-order chi connectivity index (χ0) is 13.7. The summed E-state index contributed by atoms with van der Waals surface area (Å²) in [6, 6.07) is 10.2. The molecule has 2 N–H and O–H groups in total. The Morgan fingerprint density at radius 3 is 2.68 bits per heavy atom. The van der Waals surface area contributed by atoms with E-state index < -0.39 is 0 Å². The lowest BCUT2D eigenvalue weighted by molar-refractivity contribution is 0.366. The molecule has 2 atom stereocenters. The Hall–Kier alpha value is -1.68. The number of hydrogen-bond donors (Lipinski definition) is 1. The normalized spacial score (nSPS) is 14.3. The number of nitrogens with two attached hydrogens (primary N) is 1. The summed E-state index contributed by atoms with van der Waals surface area (Å²) in [4.78, 5) is 4.34. The van der Waals surface area contributed by atoms with Crippen molar-refractivity contribution >= 4 is 0 Å². The molecule has 0 fully saturated rings. The Bertz CT molecular complexity index is 495. The summed E-state index contributed by atoms with van der Waals surface area (Å²) in [6.45, 7) is 4.25. The summed E-state index contributed by atoms with van der Waals surface area (Å²) in [5.41, 5.74) is 7.44. The van der Waals surface area contributed by atoms with Gasteiger partial charge in [0, 0.05) is 6.42 Å². The van der Waals surface area contributed by atoms with Crippen molar-refractivity contribution in [2.45, 2.75) is 45.1 Å². The zero-order valence-corrected chi connectivity index (χ0v) is 11.5. The van der Waals surface area contributed by atoms with Crippen LogP contribution in [0.25, 0.3) is 0 Å². The van der Waals surface area contributed by atoms with Gasteiger partial charge in [-0.1, -0.05) is 49.3 Å². The van der Waals surface area contributed by atoms with E-state index in [-0.39, 0.29) is 6.04 Å². The molecule has 102 valence electrons. The summed E-state index contributed by atoms with van der Waals surface area (Å²) in [6.07, 6.45) is 2.63. The van der Waals surface area contributed by atoms with E-state index in [1.807, 2.05) is 18.2 Å². The molecule has 0 aliphatic heterocycles. The van der Waals surface area contributed by atoms with Gasteiger partial charge in [0.15, 0.2) is 5.82 Å². The van der Waals surface area contributed by atoms with Crippen LogP contribution in [0.2, 0.25) is 0 Å². The lowest BCUT2D eigenvalue weighted by atomic mass is 9.94. The van der Waals surface area contributed by atoms with Gasteiger partial charge < -0.3 is 10.3 Å². The van der Waals surface area contributed by atoms with Crippen LogP contribution in [0, 0.1) is 0 Å². The van der Waals surface area contributed by atoms with Crippen molar-refractivity contribution in [3.8, 4) is 0 Å². The molecule has 0 amide bonds. The molecule has 0 spiro atoms. The fraction of sp³-hybridized carbons (Fsp3) is 0.467. The maximum Gasteiger partial charge on any atom is 0.226 e. The van der Waals surface area contributed by atoms with Crippen LogP contribution in [0.15, 0.2) is 34.9 Å². The molecule has 0 saturated carbocycles. The molecule has 0 aliphatic carbocycles. The number of aryl methyl sites for hydroxylation is 1. The number of rotatable bonds is 6. The third-order valence-corrected chi connectivity index (χ3v) is 3.26. The van der Waals surface area contributed by atoms with Gasteiger partial charge in [0.25, 0.3) is 0 Å². The zero-order valence-electron chi connectivity index (χ0n) is 11.5. The molecule has 19 heavy (non-hydrogen) atoms. The quantitative estimate of drug-likeness (QED) is 0.865. The second kappa shape index (κ2) is 6.48. The predicted octanol–water partition coefficient (Wildman–Crippen LogP) is 3.22. The highest BCUT2D eigenvalue weighted by Gasteiger charge is 2.17. The van der Waals surface area contributed by atoms with Crippen LogP contribution in [0.5, 0.6) is 0 Å². The van der Waals surface area contributed by atoms with E-state index in [2.05, 4.69) is 36.1 Å². The highest BCUT2D eigenvalue weighted by atomic mass is 16.5. The molecule has 0 bridgehead atoms. The van der Waals surface area contributed by atoms with E-state index in [1.54, 1.807) is 0 Å². The van der Waals surface area contributed by atoms with Gasteiger partial charge in [0.1, 0.15) is 0 Å². The van der Waals surface area contributed by atoms with Crippen molar-refractivity contribution in [2.75, 3.05) is 0 Å². The van der Waals surface area contributed by atoms with E-state index >= 15 is 0 Å². The van der Waals surface area contributed by atoms with Crippen LogP contribution in [0.4, 0.5) is 0 Å². The van der Waals surface area contributed by atoms with Gasteiger partial charge >= 0.3 is 0 Å². The third-order valence-electron chi connectivity index (χ3n) is 3.26. The van der Waals surface area contributed by atoms with Crippen LogP contribution in [0.3, 0.4) is 0 Å². The summed E-state index contributed by atoms with van der Waals surface area (Å²) < 4.78 is 5.17. The van der Waals surface area contributed by atoms with E-state index in [4.69, 9.17) is 10.3 Å². The molecule has 0 radical (unpaired) electrons. The lowest BCUT2D eigenvalue weighted by Crippen LogP contribution is -2.15. The first-order valence-electron chi connectivity index (χ1n) is 6.83. The maximum atomic E-state index is 6.16. The van der Waals surface area contributed by atoms with E-state index in [0.717, 1.165) is 19.3 Å². The first-order chi connectivity index (χ1) is 9.20. The minimum atomic E-state index is -0.176. The molecule has 0 aliphatic rings. The van der Waals surface area contributed by atoms with Gasteiger partial charge in [-0.05, 0) is 24.3 Å². The summed E-state index contributed by atoms with van der Waals surface area (Å²) in [7, 11) is 0. The highest BCUT2D eigenvalue weighted by Crippen LogP contribution is 2.25. The van der Waals surface area contributed by atoms with E-state index in [0.29, 0.717) is 17.6 Å². The highest BCUT2D eigenvalue weighted by molar-refractivity contribution is 5.19. The lowest BCUT2D eigenvalue weighted by Gasteiger charge is -2.14. The summed E-state index contributed by atoms with van der Waals surface area (Å²) in [5.74, 6) is 1.68. The molecule has 2 unspecified atom stereocenters. The van der Waals surface area contributed by atoms with Gasteiger partial charge in [0.05, 0.1) is 6.04 Å². The monoisotopic (exact) mass is 259 g/mol. The van der Waals surface area contributed by atoms with Gasteiger partial charge in [-0.15, -0.1) is 0 Å². The Kier molecular flexibility index (Phi) is 4.68. The van der Waals surface area contributed by atoms with Gasteiger partial charge in [-0.2, -0.15) is 4.98 Å². The van der Waals surface area contributed by atoms with Gasteiger partial charge in [0.2, 0.25) is 5.89 Å². The molecule has 1 aromatic heterocycles. The molecule has 1 heterocycles. The largest absolute Gasteiger partial charge is 0.339 e. The van der Waals surface area contributed by atoms with Crippen molar-refractivity contribution in [1.29, 1.82) is 0 Å². The Labute approximate surface area is 114 Å². The predicted molar refractivity (Wildman–Crippen MR) is 74.7 cm³/mol. The van der Waals surface area contributed by atoms with Crippen molar-refractivity contribution in [3.05, 3.63) is 47.6 Å². The Balaban J connectivity index is 1.98. The molecule has 1 aromatic carbocycles. The average molecular weight is 259 g/mol. The number of benzene rings is 1. The van der Waals surface area contributed by atoms with Crippen LogP contribution in [-0.2, 0) is 6.42 Å². The van der Waals surface area contributed by atoms with Crippen LogP contribution < -0.4 is 5.73 Å². The second-order valence-electron chi connectivity index (χ2n) is 4.95. The first kappa shape index (κ1) is 13.7. The molecule has 4 heteroatoms. The van der Waals surface area contributed by atoms with Crippen molar-refractivity contribution in [3.63, 3.8) is 0 Å². The number of nitrogens with zero attached hydrogens (tertiary/aromatic N) is 2.